The summed E-state index contributed by atoms with van der Waals surface area (Å²) >= 11 is 1.33. The van der Waals surface area contributed by atoms with E-state index in [1.807, 2.05) is 41.8 Å². The molecule has 30 heavy (non-hydrogen) atoms. The van der Waals surface area contributed by atoms with Crippen LogP contribution in [0, 0.1) is 6.92 Å². The second kappa shape index (κ2) is 8.00. The number of benzene rings is 2. The van der Waals surface area contributed by atoms with Crippen LogP contribution in [0.3, 0.4) is 0 Å². The van der Waals surface area contributed by atoms with Gasteiger partial charge in [-0.25, -0.2) is 9.78 Å². The van der Waals surface area contributed by atoms with E-state index in [9.17, 15) is 9.59 Å². The number of esters is 1. The van der Waals surface area contributed by atoms with Gasteiger partial charge in [-0.1, -0.05) is 11.3 Å². The highest BCUT2D eigenvalue weighted by Gasteiger charge is 2.18. The second-order valence-electron chi connectivity index (χ2n) is 6.55. The van der Waals surface area contributed by atoms with E-state index in [0.717, 1.165) is 27.7 Å². The Balaban J connectivity index is 1.55. The van der Waals surface area contributed by atoms with Crippen LogP contribution in [0.15, 0.2) is 54.7 Å². The van der Waals surface area contributed by atoms with E-state index in [1.165, 1.54) is 18.4 Å². The first-order chi connectivity index (χ1) is 14.5. The van der Waals surface area contributed by atoms with Crippen molar-refractivity contribution in [2.75, 3.05) is 19.5 Å². The van der Waals surface area contributed by atoms with Crippen molar-refractivity contribution >= 4 is 33.9 Å². The van der Waals surface area contributed by atoms with Crippen LogP contribution in [0.2, 0.25) is 0 Å². The van der Waals surface area contributed by atoms with Gasteiger partial charge in [0.05, 0.1) is 25.5 Å². The Morgan fingerprint density at radius 2 is 1.73 bits per heavy atom. The monoisotopic (exact) mass is 421 g/mol. The highest BCUT2D eigenvalue weighted by Crippen LogP contribution is 2.28. The number of anilines is 1. The average molecular weight is 421 g/mol. The molecular formula is C22H19N3O4S. The molecule has 1 N–H and O–H groups in total. The number of ether oxygens (including phenoxy) is 2. The molecule has 4 rings (SSSR count). The summed E-state index contributed by atoms with van der Waals surface area (Å²) in [5.41, 5.74) is 3.63. The summed E-state index contributed by atoms with van der Waals surface area (Å²) in [4.78, 5) is 30.3. The molecule has 0 saturated carbocycles. The Labute approximate surface area is 176 Å². The zero-order chi connectivity index (χ0) is 21.3. The molecule has 0 atom stereocenters. The van der Waals surface area contributed by atoms with Crippen LogP contribution in [-0.4, -0.2) is 35.5 Å². The first-order valence-electron chi connectivity index (χ1n) is 9.13. The van der Waals surface area contributed by atoms with Crippen LogP contribution >= 0.6 is 11.3 Å². The van der Waals surface area contributed by atoms with E-state index in [2.05, 4.69) is 15.0 Å². The molecule has 0 unspecified atom stereocenters. The van der Waals surface area contributed by atoms with Crippen molar-refractivity contribution in [2.24, 2.45) is 0 Å². The van der Waals surface area contributed by atoms with E-state index in [-0.39, 0.29) is 5.91 Å². The second-order valence-corrected chi connectivity index (χ2v) is 7.52. The number of imidazole rings is 1. The summed E-state index contributed by atoms with van der Waals surface area (Å²) in [6.07, 6.45) is 1.92. The molecule has 152 valence electrons. The Kier molecular flexibility index (Phi) is 5.24. The molecule has 0 saturated heterocycles. The van der Waals surface area contributed by atoms with Gasteiger partial charge in [-0.2, -0.15) is 0 Å². The van der Waals surface area contributed by atoms with Crippen molar-refractivity contribution in [1.82, 2.24) is 9.38 Å². The molecule has 4 aromatic rings. The highest BCUT2D eigenvalue weighted by atomic mass is 32.1. The number of methoxy groups -OCH3 is 2. The van der Waals surface area contributed by atoms with Crippen LogP contribution < -0.4 is 10.1 Å². The third-order valence-electron chi connectivity index (χ3n) is 4.71. The van der Waals surface area contributed by atoms with E-state index in [1.54, 1.807) is 31.4 Å². The Morgan fingerprint density at radius 3 is 2.33 bits per heavy atom. The summed E-state index contributed by atoms with van der Waals surface area (Å²) in [5.74, 6) is 0.144. The Bertz CT molecular complexity index is 1220. The SMILES string of the molecule is COC(=O)c1ccc(NC(=O)c2sc3nc(-c4ccc(OC)cc4)cn3c2C)cc1. The number of carbonyl (C=O) groups is 2. The van der Waals surface area contributed by atoms with Gasteiger partial charge in [-0.15, -0.1) is 0 Å². The number of hydrogen-bond donors (Lipinski definition) is 1. The Hall–Kier alpha value is -3.65. The first kappa shape index (κ1) is 19.7. The fourth-order valence-electron chi connectivity index (χ4n) is 3.06. The van der Waals surface area contributed by atoms with Gasteiger partial charge >= 0.3 is 5.97 Å². The quantitative estimate of drug-likeness (QED) is 0.483. The van der Waals surface area contributed by atoms with Crippen molar-refractivity contribution < 1.29 is 19.1 Å². The van der Waals surface area contributed by atoms with Crippen molar-refractivity contribution in [2.45, 2.75) is 6.92 Å². The summed E-state index contributed by atoms with van der Waals surface area (Å²) in [6.45, 7) is 1.89. The lowest BCUT2D eigenvalue weighted by Crippen LogP contribution is -2.12. The lowest BCUT2D eigenvalue weighted by atomic mass is 10.2. The van der Waals surface area contributed by atoms with Gasteiger partial charge in [0.25, 0.3) is 5.91 Å². The van der Waals surface area contributed by atoms with Crippen LogP contribution in [0.4, 0.5) is 5.69 Å². The smallest absolute Gasteiger partial charge is 0.337 e. The summed E-state index contributed by atoms with van der Waals surface area (Å²) in [6, 6.07) is 14.2. The number of aryl methyl sites for hydroxylation is 1. The molecule has 2 heterocycles. The minimum absolute atomic E-state index is 0.222. The fraction of sp³-hybridized carbons (Fsp3) is 0.136. The third kappa shape index (κ3) is 3.65. The van der Waals surface area contributed by atoms with Gasteiger partial charge < -0.3 is 14.8 Å². The molecule has 0 spiro atoms. The van der Waals surface area contributed by atoms with Gasteiger partial charge in [0.2, 0.25) is 0 Å². The van der Waals surface area contributed by atoms with Gasteiger partial charge in [-0.05, 0) is 55.5 Å². The standard InChI is InChI=1S/C22H19N3O4S/c1-13-19(20(26)23-16-8-4-15(5-9-16)21(27)29-3)30-22-24-18(12-25(13)22)14-6-10-17(28-2)11-7-14/h4-12H,1-3H3,(H,23,26). The molecule has 0 aliphatic heterocycles. The first-order valence-corrected chi connectivity index (χ1v) is 9.94. The molecule has 8 heteroatoms. The number of nitrogens with zero attached hydrogens (tertiary/aromatic N) is 2. The summed E-state index contributed by atoms with van der Waals surface area (Å²) < 4.78 is 11.8. The molecule has 7 nitrogen and oxygen atoms in total. The van der Waals surface area contributed by atoms with Crippen LogP contribution in [-0.2, 0) is 4.74 Å². The van der Waals surface area contributed by atoms with Gasteiger partial charge in [0, 0.05) is 23.1 Å². The average Bonchev–Trinajstić information content (AvgIpc) is 3.33. The maximum atomic E-state index is 12.8. The highest BCUT2D eigenvalue weighted by molar-refractivity contribution is 7.19. The number of rotatable bonds is 5. The lowest BCUT2D eigenvalue weighted by Gasteiger charge is -2.05. The van der Waals surface area contributed by atoms with Crippen LogP contribution in [0.1, 0.15) is 25.7 Å². The molecule has 0 fully saturated rings. The predicted octanol–water partition coefficient (Wildman–Crippen LogP) is 4.42. The molecule has 1 amide bonds. The molecule has 0 bridgehead atoms. The number of fused-ring (bicyclic) bond motifs is 1. The zero-order valence-corrected chi connectivity index (χ0v) is 17.4. The van der Waals surface area contributed by atoms with Crippen molar-refractivity contribution in [3.63, 3.8) is 0 Å². The molecule has 0 radical (unpaired) electrons. The third-order valence-corrected chi connectivity index (χ3v) is 5.87. The largest absolute Gasteiger partial charge is 0.497 e. The number of aromatic nitrogens is 2. The maximum Gasteiger partial charge on any atom is 0.337 e. The Morgan fingerprint density at radius 1 is 1.03 bits per heavy atom. The molecular weight excluding hydrogens is 402 g/mol. The van der Waals surface area contributed by atoms with Gasteiger partial charge in [-0.3, -0.25) is 9.20 Å². The fourth-order valence-corrected chi connectivity index (χ4v) is 4.06. The summed E-state index contributed by atoms with van der Waals surface area (Å²) in [5, 5.41) is 2.86. The van der Waals surface area contributed by atoms with Crippen LogP contribution in [0.5, 0.6) is 5.75 Å². The minimum Gasteiger partial charge on any atom is -0.497 e. The number of carbonyl (C=O) groups excluding carboxylic acids is 2. The topological polar surface area (TPSA) is 81.9 Å². The van der Waals surface area contributed by atoms with Gasteiger partial charge in [0.1, 0.15) is 10.6 Å². The van der Waals surface area contributed by atoms with Crippen molar-refractivity contribution in [3.05, 3.63) is 70.9 Å². The number of amides is 1. The molecule has 2 aromatic carbocycles. The van der Waals surface area contributed by atoms with Crippen LogP contribution in [0.25, 0.3) is 16.2 Å². The number of nitrogens with one attached hydrogen (secondary N) is 1. The van der Waals surface area contributed by atoms with E-state index in [4.69, 9.17) is 4.74 Å². The van der Waals surface area contributed by atoms with Crippen molar-refractivity contribution in [3.8, 4) is 17.0 Å². The maximum absolute atomic E-state index is 12.8. The minimum atomic E-state index is -0.420. The van der Waals surface area contributed by atoms with Gasteiger partial charge in [0.15, 0.2) is 4.96 Å². The van der Waals surface area contributed by atoms with E-state index in [0.29, 0.717) is 16.1 Å². The molecule has 0 aliphatic rings. The van der Waals surface area contributed by atoms with E-state index >= 15 is 0 Å². The molecule has 2 aromatic heterocycles. The zero-order valence-electron chi connectivity index (χ0n) is 16.6. The lowest BCUT2D eigenvalue weighted by molar-refractivity contribution is 0.0600. The van der Waals surface area contributed by atoms with E-state index < -0.39 is 5.97 Å². The molecule has 0 aliphatic carbocycles. The predicted molar refractivity (Wildman–Crippen MR) is 116 cm³/mol. The summed E-state index contributed by atoms with van der Waals surface area (Å²) in [7, 11) is 2.96. The normalized spacial score (nSPS) is 10.8. The number of thiazole rings is 1. The van der Waals surface area contributed by atoms with Crippen molar-refractivity contribution in [1.29, 1.82) is 0 Å². The number of hydrogen-bond acceptors (Lipinski definition) is 6.